The molecule has 116 valence electrons. The van der Waals surface area contributed by atoms with Gasteiger partial charge in [0.1, 0.15) is 6.04 Å². The van der Waals surface area contributed by atoms with Gasteiger partial charge in [0, 0.05) is 25.4 Å². The Morgan fingerprint density at radius 3 is 2.86 bits per heavy atom. The summed E-state index contributed by atoms with van der Waals surface area (Å²) in [7, 11) is 1.88. The predicted octanol–water partition coefficient (Wildman–Crippen LogP) is 1.08. The van der Waals surface area contributed by atoms with Gasteiger partial charge < -0.3 is 19.7 Å². The van der Waals surface area contributed by atoms with Crippen molar-refractivity contribution in [3.63, 3.8) is 0 Å². The Bertz CT molecular complexity index is 699. The molecule has 2 amide bonds. The van der Waals surface area contributed by atoms with Crippen molar-refractivity contribution < 1.29 is 14.1 Å². The second kappa shape index (κ2) is 5.67. The zero-order chi connectivity index (χ0) is 15.7. The maximum atomic E-state index is 12.1. The number of carbonyl (C=O) groups is 2. The fourth-order valence-corrected chi connectivity index (χ4v) is 2.11. The Labute approximate surface area is 127 Å². The minimum Gasteiger partial charge on any atom is -0.354 e. The molecule has 0 bridgehead atoms. The topological polar surface area (TPSA) is 89.2 Å². The molecule has 1 unspecified atom stereocenters. The minimum atomic E-state index is -0.608. The second-order valence-corrected chi connectivity index (χ2v) is 5.56. The molecule has 1 aliphatic rings. The van der Waals surface area contributed by atoms with Crippen molar-refractivity contribution in [1.29, 1.82) is 0 Å². The number of rotatable bonds is 5. The van der Waals surface area contributed by atoms with Gasteiger partial charge in [-0.15, -0.1) is 0 Å². The van der Waals surface area contributed by atoms with Crippen LogP contribution in [0.15, 0.2) is 28.9 Å². The zero-order valence-electron chi connectivity index (χ0n) is 12.5. The summed E-state index contributed by atoms with van der Waals surface area (Å²) in [6, 6.07) is 4.97. The van der Waals surface area contributed by atoms with Crippen LogP contribution in [-0.4, -0.2) is 33.6 Å². The van der Waals surface area contributed by atoms with Gasteiger partial charge in [-0.3, -0.25) is 9.59 Å². The lowest BCUT2D eigenvalue weighted by molar-refractivity contribution is -0.122. The van der Waals surface area contributed by atoms with Gasteiger partial charge in [0.15, 0.2) is 11.5 Å². The smallest absolute Gasteiger partial charge is 0.274 e. The van der Waals surface area contributed by atoms with E-state index >= 15 is 0 Å². The average Bonchev–Trinajstić information content (AvgIpc) is 2.99. The highest BCUT2D eigenvalue weighted by molar-refractivity contribution is 5.96. The van der Waals surface area contributed by atoms with E-state index < -0.39 is 11.9 Å². The third-order valence-corrected chi connectivity index (χ3v) is 3.60. The van der Waals surface area contributed by atoms with Crippen molar-refractivity contribution in [3.8, 4) is 11.5 Å². The van der Waals surface area contributed by atoms with Crippen LogP contribution in [0.25, 0.3) is 11.5 Å². The van der Waals surface area contributed by atoms with E-state index in [-0.39, 0.29) is 17.6 Å². The normalized spacial score (nSPS) is 15.4. The first-order chi connectivity index (χ1) is 10.5. The number of nitrogens with one attached hydrogen (secondary N) is 2. The maximum absolute atomic E-state index is 12.1. The lowest BCUT2D eigenvalue weighted by Gasteiger charge is -2.12. The van der Waals surface area contributed by atoms with E-state index in [0.29, 0.717) is 5.76 Å². The summed E-state index contributed by atoms with van der Waals surface area (Å²) in [5.74, 6) is -0.0996. The van der Waals surface area contributed by atoms with E-state index in [4.69, 9.17) is 4.52 Å². The predicted molar refractivity (Wildman–Crippen MR) is 79.0 cm³/mol. The fraction of sp³-hybridized carbons (Fsp3) is 0.400. The van der Waals surface area contributed by atoms with Crippen LogP contribution in [-0.2, 0) is 11.8 Å². The summed E-state index contributed by atoms with van der Waals surface area (Å²) in [5.41, 5.74) is 0.980. The van der Waals surface area contributed by atoms with Crippen LogP contribution < -0.4 is 10.6 Å². The molecular weight excluding hydrogens is 284 g/mol. The van der Waals surface area contributed by atoms with Crippen molar-refractivity contribution in [3.05, 3.63) is 30.1 Å². The molecule has 1 atom stereocenters. The van der Waals surface area contributed by atoms with Gasteiger partial charge in [-0.25, -0.2) is 0 Å². The fourth-order valence-electron chi connectivity index (χ4n) is 2.11. The van der Waals surface area contributed by atoms with E-state index in [1.54, 1.807) is 13.0 Å². The van der Waals surface area contributed by atoms with Crippen LogP contribution in [0.3, 0.4) is 0 Å². The van der Waals surface area contributed by atoms with Gasteiger partial charge in [-0.1, -0.05) is 5.16 Å². The van der Waals surface area contributed by atoms with Crippen LogP contribution in [0.4, 0.5) is 0 Å². The number of aromatic nitrogens is 2. The lowest BCUT2D eigenvalue weighted by Crippen LogP contribution is -2.45. The summed E-state index contributed by atoms with van der Waals surface area (Å²) in [6.07, 6.45) is 3.90. The van der Waals surface area contributed by atoms with Crippen molar-refractivity contribution >= 4 is 11.8 Å². The number of aryl methyl sites for hydroxylation is 1. The molecule has 0 saturated heterocycles. The first-order valence-corrected chi connectivity index (χ1v) is 7.24. The molecule has 0 aliphatic heterocycles. The monoisotopic (exact) mass is 302 g/mol. The Hall–Kier alpha value is -2.57. The van der Waals surface area contributed by atoms with Crippen molar-refractivity contribution in [2.24, 2.45) is 7.05 Å². The summed E-state index contributed by atoms with van der Waals surface area (Å²) in [6.45, 7) is 1.65. The highest BCUT2D eigenvalue weighted by atomic mass is 16.5. The number of hydrogen-bond donors (Lipinski definition) is 2. The van der Waals surface area contributed by atoms with E-state index in [2.05, 4.69) is 15.8 Å². The minimum absolute atomic E-state index is 0.155. The van der Waals surface area contributed by atoms with Crippen LogP contribution in [0.1, 0.15) is 30.3 Å². The third-order valence-electron chi connectivity index (χ3n) is 3.60. The molecule has 2 aromatic heterocycles. The average molecular weight is 302 g/mol. The standard InChI is InChI=1S/C15H18N4O3/c1-9(14(20)17-10-5-6-10)16-15(21)11-8-13(22-18-11)12-4-3-7-19(12)2/h3-4,7-10H,5-6H2,1-2H3,(H,16,21)(H,17,20). The summed E-state index contributed by atoms with van der Waals surface area (Å²) < 4.78 is 7.06. The number of nitrogens with zero attached hydrogens (tertiary/aromatic N) is 2. The molecule has 2 heterocycles. The Morgan fingerprint density at radius 1 is 1.45 bits per heavy atom. The summed E-state index contributed by atoms with van der Waals surface area (Å²) in [4.78, 5) is 23.9. The molecule has 2 N–H and O–H groups in total. The number of amides is 2. The molecule has 3 rings (SSSR count). The molecule has 0 radical (unpaired) electrons. The summed E-state index contributed by atoms with van der Waals surface area (Å²) >= 11 is 0. The quantitative estimate of drug-likeness (QED) is 0.865. The van der Waals surface area contributed by atoms with E-state index in [1.807, 2.05) is 29.9 Å². The second-order valence-electron chi connectivity index (χ2n) is 5.56. The molecule has 1 saturated carbocycles. The van der Waals surface area contributed by atoms with Crippen LogP contribution >= 0.6 is 0 Å². The van der Waals surface area contributed by atoms with Gasteiger partial charge in [0.05, 0.1) is 5.69 Å². The Kier molecular flexibility index (Phi) is 3.70. The largest absolute Gasteiger partial charge is 0.354 e. The first kappa shape index (κ1) is 14.4. The first-order valence-electron chi connectivity index (χ1n) is 7.24. The van der Waals surface area contributed by atoms with Crippen LogP contribution in [0.5, 0.6) is 0 Å². The third kappa shape index (κ3) is 3.03. The maximum Gasteiger partial charge on any atom is 0.274 e. The molecule has 7 heteroatoms. The zero-order valence-corrected chi connectivity index (χ0v) is 12.5. The Balaban J connectivity index is 1.64. The van der Waals surface area contributed by atoms with E-state index in [0.717, 1.165) is 18.5 Å². The SMILES string of the molecule is CC(NC(=O)c1cc(-c2cccn2C)on1)C(=O)NC1CC1. The van der Waals surface area contributed by atoms with Gasteiger partial charge in [-0.05, 0) is 31.9 Å². The number of hydrogen-bond acceptors (Lipinski definition) is 4. The summed E-state index contributed by atoms with van der Waals surface area (Å²) in [5, 5.41) is 9.23. The molecule has 0 aromatic carbocycles. The molecule has 1 aliphatic carbocycles. The Morgan fingerprint density at radius 2 is 2.23 bits per heavy atom. The van der Waals surface area contributed by atoms with Gasteiger partial charge in [0.2, 0.25) is 5.91 Å². The van der Waals surface area contributed by atoms with E-state index in [1.165, 1.54) is 0 Å². The highest BCUT2D eigenvalue weighted by Crippen LogP contribution is 2.20. The van der Waals surface area contributed by atoms with Crippen LogP contribution in [0.2, 0.25) is 0 Å². The van der Waals surface area contributed by atoms with Gasteiger partial charge >= 0.3 is 0 Å². The molecule has 0 spiro atoms. The van der Waals surface area contributed by atoms with Crippen molar-refractivity contribution in [2.45, 2.75) is 31.8 Å². The van der Waals surface area contributed by atoms with Crippen molar-refractivity contribution in [2.75, 3.05) is 0 Å². The highest BCUT2D eigenvalue weighted by Gasteiger charge is 2.27. The van der Waals surface area contributed by atoms with Crippen LogP contribution in [0, 0.1) is 0 Å². The molecule has 7 nitrogen and oxygen atoms in total. The molecule has 2 aromatic rings. The van der Waals surface area contributed by atoms with Gasteiger partial charge in [0.25, 0.3) is 5.91 Å². The van der Waals surface area contributed by atoms with E-state index in [9.17, 15) is 9.59 Å². The molecular formula is C15H18N4O3. The lowest BCUT2D eigenvalue weighted by atomic mass is 10.2. The number of carbonyl (C=O) groups excluding carboxylic acids is 2. The van der Waals surface area contributed by atoms with Gasteiger partial charge in [-0.2, -0.15) is 0 Å². The molecule has 22 heavy (non-hydrogen) atoms. The van der Waals surface area contributed by atoms with Crippen molar-refractivity contribution in [1.82, 2.24) is 20.4 Å². The molecule has 1 fully saturated rings.